The van der Waals surface area contributed by atoms with Gasteiger partial charge in [-0.2, -0.15) is 11.8 Å². The van der Waals surface area contributed by atoms with E-state index in [4.69, 9.17) is 12.2 Å². The van der Waals surface area contributed by atoms with Crippen molar-refractivity contribution in [2.75, 3.05) is 12.3 Å². The van der Waals surface area contributed by atoms with Crippen molar-refractivity contribution < 1.29 is 0 Å². The Balaban J connectivity index is 2.53. The van der Waals surface area contributed by atoms with Gasteiger partial charge in [-0.25, -0.2) is 0 Å². The highest BCUT2D eigenvalue weighted by Gasteiger charge is 2.26. The van der Waals surface area contributed by atoms with Crippen LogP contribution in [0.3, 0.4) is 0 Å². The fraction of sp³-hybridized carbons (Fsp3) is 0.900. The lowest BCUT2D eigenvalue weighted by Crippen LogP contribution is -2.52. The van der Waals surface area contributed by atoms with Crippen molar-refractivity contribution in [1.82, 2.24) is 10.2 Å². The van der Waals surface area contributed by atoms with Crippen LogP contribution in [-0.2, 0) is 0 Å². The van der Waals surface area contributed by atoms with Gasteiger partial charge in [0.2, 0.25) is 0 Å². The van der Waals surface area contributed by atoms with Gasteiger partial charge in [-0.1, -0.05) is 6.92 Å². The van der Waals surface area contributed by atoms with Crippen molar-refractivity contribution >= 4 is 29.1 Å². The molecule has 0 aromatic heterocycles. The number of thiocarbonyl (C=S) groups is 1. The lowest BCUT2D eigenvalue weighted by Gasteiger charge is -2.39. The average molecular weight is 232 g/mol. The Labute approximate surface area is 96.8 Å². The summed E-state index contributed by atoms with van der Waals surface area (Å²) in [6.45, 7) is 9.86. The van der Waals surface area contributed by atoms with E-state index in [0.29, 0.717) is 17.3 Å². The zero-order chi connectivity index (χ0) is 10.7. The maximum absolute atomic E-state index is 5.39. The summed E-state index contributed by atoms with van der Waals surface area (Å²) in [5, 5.41) is 4.90. The molecular weight excluding hydrogens is 212 g/mol. The van der Waals surface area contributed by atoms with E-state index in [1.165, 1.54) is 5.75 Å². The van der Waals surface area contributed by atoms with Crippen molar-refractivity contribution in [2.45, 2.75) is 45.0 Å². The first-order chi connectivity index (χ1) is 6.52. The molecule has 0 radical (unpaired) electrons. The molecule has 2 atom stereocenters. The number of nitrogens with zero attached hydrogens (tertiary/aromatic N) is 1. The summed E-state index contributed by atoms with van der Waals surface area (Å²) in [6.07, 6.45) is 0. The average Bonchev–Trinajstić information content (AvgIpc) is 2.08. The summed E-state index contributed by atoms with van der Waals surface area (Å²) in [7, 11) is 0. The molecule has 1 heterocycles. The second-order valence-corrected chi connectivity index (χ2v) is 5.99. The Bertz CT molecular complexity index is 206. The Hall–Kier alpha value is 0.0400. The monoisotopic (exact) mass is 232 g/mol. The minimum atomic E-state index is 0.430. The summed E-state index contributed by atoms with van der Waals surface area (Å²) < 4.78 is 0. The molecule has 4 heteroatoms. The molecule has 1 rings (SSSR count). The van der Waals surface area contributed by atoms with E-state index in [9.17, 15) is 0 Å². The normalized spacial score (nSPS) is 27.9. The zero-order valence-corrected chi connectivity index (χ0v) is 11.0. The fourth-order valence-corrected chi connectivity index (χ4v) is 3.14. The topological polar surface area (TPSA) is 15.3 Å². The Morgan fingerprint density at radius 1 is 1.50 bits per heavy atom. The van der Waals surface area contributed by atoms with Crippen LogP contribution in [0.1, 0.15) is 27.7 Å². The smallest absolute Gasteiger partial charge is 0.169 e. The maximum Gasteiger partial charge on any atom is 0.169 e. The lowest BCUT2D eigenvalue weighted by atomic mass is 10.2. The second kappa shape index (κ2) is 5.21. The largest absolute Gasteiger partial charge is 0.360 e. The molecule has 0 aromatic carbocycles. The molecule has 0 spiro atoms. The Morgan fingerprint density at radius 3 is 2.71 bits per heavy atom. The fourth-order valence-electron chi connectivity index (χ4n) is 1.55. The van der Waals surface area contributed by atoms with Gasteiger partial charge < -0.3 is 10.2 Å². The van der Waals surface area contributed by atoms with Crippen LogP contribution >= 0.6 is 24.0 Å². The van der Waals surface area contributed by atoms with Gasteiger partial charge in [-0.05, 0) is 33.0 Å². The van der Waals surface area contributed by atoms with Crippen LogP contribution in [0.25, 0.3) is 0 Å². The van der Waals surface area contributed by atoms with Gasteiger partial charge in [0, 0.05) is 29.6 Å². The molecule has 1 aliphatic heterocycles. The first-order valence-electron chi connectivity index (χ1n) is 5.21. The number of rotatable bonds is 1. The SMILES string of the molecule is CC(C)NC(=S)N1CCSC(C)C1C. The number of nitrogens with one attached hydrogen (secondary N) is 1. The molecule has 1 fully saturated rings. The molecule has 1 saturated heterocycles. The van der Waals surface area contributed by atoms with Crippen LogP contribution in [0, 0.1) is 0 Å². The number of thioether (sulfide) groups is 1. The molecular formula is C10H20N2S2. The van der Waals surface area contributed by atoms with Crippen molar-refractivity contribution in [2.24, 2.45) is 0 Å². The molecule has 0 aliphatic carbocycles. The highest BCUT2D eigenvalue weighted by Crippen LogP contribution is 2.24. The highest BCUT2D eigenvalue weighted by atomic mass is 32.2. The predicted octanol–water partition coefficient (Wildman–Crippen LogP) is 2.10. The minimum Gasteiger partial charge on any atom is -0.360 e. The van der Waals surface area contributed by atoms with Crippen molar-refractivity contribution in [3.05, 3.63) is 0 Å². The van der Waals surface area contributed by atoms with Gasteiger partial charge in [0.1, 0.15) is 0 Å². The quantitative estimate of drug-likeness (QED) is 0.696. The summed E-state index contributed by atoms with van der Waals surface area (Å²) in [5.41, 5.74) is 0. The molecule has 2 unspecified atom stereocenters. The minimum absolute atomic E-state index is 0.430. The van der Waals surface area contributed by atoms with E-state index in [1.54, 1.807) is 0 Å². The Morgan fingerprint density at radius 2 is 2.14 bits per heavy atom. The summed E-state index contributed by atoms with van der Waals surface area (Å²) in [5.74, 6) is 1.19. The first-order valence-corrected chi connectivity index (χ1v) is 6.66. The third-order valence-corrected chi connectivity index (χ3v) is 4.25. The molecule has 14 heavy (non-hydrogen) atoms. The summed E-state index contributed by atoms with van der Waals surface area (Å²) in [6, 6.07) is 0.979. The molecule has 82 valence electrons. The van der Waals surface area contributed by atoms with Crippen LogP contribution in [0.15, 0.2) is 0 Å². The van der Waals surface area contributed by atoms with Gasteiger partial charge in [-0.15, -0.1) is 0 Å². The van der Waals surface area contributed by atoms with Crippen LogP contribution in [-0.4, -0.2) is 39.6 Å². The first kappa shape index (κ1) is 12.1. The van der Waals surface area contributed by atoms with E-state index >= 15 is 0 Å². The molecule has 2 nitrogen and oxygen atoms in total. The van der Waals surface area contributed by atoms with Crippen LogP contribution in [0.4, 0.5) is 0 Å². The molecule has 1 aliphatic rings. The summed E-state index contributed by atoms with van der Waals surface area (Å²) >= 11 is 7.42. The van der Waals surface area contributed by atoms with E-state index in [-0.39, 0.29) is 0 Å². The molecule has 0 aromatic rings. The van der Waals surface area contributed by atoms with Crippen LogP contribution in [0.5, 0.6) is 0 Å². The third-order valence-electron chi connectivity index (χ3n) is 2.56. The zero-order valence-electron chi connectivity index (χ0n) is 9.41. The van der Waals surface area contributed by atoms with Crippen molar-refractivity contribution in [3.8, 4) is 0 Å². The molecule has 0 amide bonds. The predicted molar refractivity (Wildman–Crippen MR) is 69.0 cm³/mol. The highest BCUT2D eigenvalue weighted by molar-refractivity contribution is 8.00. The van der Waals surface area contributed by atoms with Gasteiger partial charge >= 0.3 is 0 Å². The van der Waals surface area contributed by atoms with Gasteiger partial charge in [0.25, 0.3) is 0 Å². The van der Waals surface area contributed by atoms with Crippen molar-refractivity contribution in [1.29, 1.82) is 0 Å². The van der Waals surface area contributed by atoms with E-state index in [1.807, 2.05) is 11.8 Å². The van der Waals surface area contributed by atoms with Gasteiger partial charge in [0.15, 0.2) is 5.11 Å². The maximum atomic E-state index is 5.39. The van der Waals surface area contributed by atoms with Crippen LogP contribution in [0.2, 0.25) is 0 Å². The second-order valence-electron chi connectivity index (χ2n) is 4.11. The lowest BCUT2D eigenvalue weighted by molar-refractivity contribution is 0.327. The molecule has 0 bridgehead atoms. The van der Waals surface area contributed by atoms with Gasteiger partial charge in [-0.3, -0.25) is 0 Å². The van der Waals surface area contributed by atoms with E-state index in [0.717, 1.165) is 11.7 Å². The van der Waals surface area contributed by atoms with Crippen LogP contribution < -0.4 is 5.32 Å². The van der Waals surface area contributed by atoms with E-state index < -0.39 is 0 Å². The van der Waals surface area contributed by atoms with E-state index in [2.05, 4.69) is 37.9 Å². The standard InChI is InChI=1S/C10H20N2S2/c1-7(2)11-10(13)12-5-6-14-9(4)8(12)3/h7-9H,5-6H2,1-4H3,(H,11,13). The van der Waals surface area contributed by atoms with Gasteiger partial charge in [0.05, 0.1) is 0 Å². The molecule has 1 N–H and O–H groups in total. The number of hydrogen-bond acceptors (Lipinski definition) is 2. The summed E-state index contributed by atoms with van der Waals surface area (Å²) in [4.78, 5) is 2.32. The van der Waals surface area contributed by atoms with Crippen molar-refractivity contribution in [3.63, 3.8) is 0 Å². The number of hydrogen-bond donors (Lipinski definition) is 1. The third kappa shape index (κ3) is 3.02. The molecule has 0 saturated carbocycles. The Kier molecular flexibility index (Phi) is 4.51.